The van der Waals surface area contributed by atoms with Crippen molar-refractivity contribution >= 4 is 5.91 Å². The highest BCUT2D eigenvalue weighted by molar-refractivity contribution is 5.75. The van der Waals surface area contributed by atoms with Crippen LogP contribution >= 0.6 is 0 Å². The average Bonchev–Trinajstić information content (AvgIpc) is 2.09. The molecule has 0 atom stereocenters. The summed E-state index contributed by atoms with van der Waals surface area (Å²) in [6.45, 7) is 2.27. The molecule has 0 heterocycles. The fraction of sp³-hybridized carbons (Fsp3) is 0.778. The van der Waals surface area contributed by atoms with Crippen LogP contribution in [-0.4, -0.2) is 12.5 Å². The van der Waals surface area contributed by atoms with Crippen molar-refractivity contribution in [1.82, 2.24) is 5.32 Å². The number of hydrogen-bond donors (Lipinski definition) is 1. The van der Waals surface area contributed by atoms with Crippen molar-refractivity contribution in [2.45, 2.75) is 39.0 Å². The average molecular weight is 168 g/mol. The van der Waals surface area contributed by atoms with Crippen molar-refractivity contribution in [1.29, 1.82) is 5.26 Å². The van der Waals surface area contributed by atoms with Crippen molar-refractivity contribution in [3.63, 3.8) is 0 Å². The van der Waals surface area contributed by atoms with Crippen LogP contribution in [0.3, 0.4) is 0 Å². The molecule has 0 aliphatic rings. The zero-order valence-corrected chi connectivity index (χ0v) is 7.60. The third-order valence-electron chi connectivity index (χ3n) is 1.62. The number of nitrogens with zero attached hydrogens (tertiary/aromatic N) is 1. The van der Waals surface area contributed by atoms with Gasteiger partial charge in [-0.3, -0.25) is 4.79 Å². The molecule has 68 valence electrons. The molecule has 0 aromatic carbocycles. The van der Waals surface area contributed by atoms with Gasteiger partial charge in [-0.1, -0.05) is 26.2 Å². The van der Waals surface area contributed by atoms with Gasteiger partial charge in [-0.2, -0.15) is 5.26 Å². The van der Waals surface area contributed by atoms with E-state index >= 15 is 0 Å². The van der Waals surface area contributed by atoms with Crippen LogP contribution < -0.4 is 5.32 Å². The molecular formula is C9H16N2O. The number of hydrogen-bond acceptors (Lipinski definition) is 2. The summed E-state index contributed by atoms with van der Waals surface area (Å²) in [5, 5.41) is 10.7. The summed E-state index contributed by atoms with van der Waals surface area (Å²) in [6, 6.07) is 1.87. The molecular weight excluding hydrogens is 152 g/mol. The van der Waals surface area contributed by atoms with E-state index in [1.165, 1.54) is 12.8 Å². The minimum atomic E-state index is -0.00680. The Morgan fingerprint density at radius 3 is 2.75 bits per heavy atom. The third kappa shape index (κ3) is 7.07. The monoisotopic (exact) mass is 168 g/mol. The molecule has 1 N–H and O–H groups in total. The van der Waals surface area contributed by atoms with E-state index in [-0.39, 0.29) is 12.5 Å². The minimum Gasteiger partial charge on any atom is -0.343 e. The standard InChI is InChI=1S/C9H16N2O/c1-2-3-4-5-6-9(12)11-8-7-10/h2-6,8H2,1H3,(H,11,12). The van der Waals surface area contributed by atoms with Crippen molar-refractivity contribution < 1.29 is 4.79 Å². The molecule has 0 saturated carbocycles. The van der Waals surface area contributed by atoms with E-state index in [9.17, 15) is 4.79 Å². The molecule has 0 aromatic heterocycles. The van der Waals surface area contributed by atoms with Crippen LogP contribution in [0.25, 0.3) is 0 Å². The second-order valence-electron chi connectivity index (χ2n) is 2.75. The van der Waals surface area contributed by atoms with E-state index in [0.717, 1.165) is 12.8 Å². The van der Waals surface area contributed by atoms with E-state index in [2.05, 4.69) is 12.2 Å². The zero-order valence-electron chi connectivity index (χ0n) is 7.60. The predicted molar refractivity (Wildman–Crippen MR) is 47.4 cm³/mol. The van der Waals surface area contributed by atoms with Gasteiger partial charge in [-0.25, -0.2) is 0 Å². The maximum atomic E-state index is 10.9. The summed E-state index contributed by atoms with van der Waals surface area (Å²) in [7, 11) is 0. The molecule has 0 fully saturated rings. The van der Waals surface area contributed by atoms with Crippen LogP contribution in [0.1, 0.15) is 39.0 Å². The molecule has 0 saturated heterocycles. The SMILES string of the molecule is CCCCCCC(=O)NCC#N. The smallest absolute Gasteiger partial charge is 0.220 e. The highest BCUT2D eigenvalue weighted by Crippen LogP contribution is 2.01. The molecule has 3 heteroatoms. The first kappa shape index (κ1) is 11.0. The number of rotatable bonds is 6. The second-order valence-corrected chi connectivity index (χ2v) is 2.75. The minimum absolute atomic E-state index is 0.00680. The molecule has 0 bridgehead atoms. The number of carbonyl (C=O) groups is 1. The van der Waals surface area contributed by atoms with Crippen LogP contribution in [-0.2, 0) is 4.79 Å². The first-order chi connectivity index (χ1) is 5.81. The molecule has 0 spiro atoms. The van der Waals surface area contributed by atoms with Crippen LogP contribution in [0, 0.1) is 11.3 Å². The summed E-state index contributed by atoms with van der Waals surface area (Å²) in [5.41, 5.74) is 0. The summed E-state index contributed by atoms with van der Waals surface area (Å²) in [4.78, 5) is 10.9. The van der Waals surface area contributed by atoms with E-state index in [1.807, 2.05) is 6.07 Å². The molecule has 0 aromatic rings. The summed E-state index contributed by atoms with van der Waals surface area (Å²) < 4.78 is 0. The lowest BCUT2D eigenvalue weighted by Gasteiger charge is -1.99. The van der Waals surface area contributed by atoms with Crippen molar-refractivity contribution in [3.05, 3.63) is 0 Å². The fourth-order valence-electron chi connectivity index (χ4n) is 0.939. The Kier molecular flexibility index (Phi) is 7.36. The highest BCUT2D eigenvalue weighted by Gasteiger charge is 1.98. The van der Waals surface area contributed by atoms with Crippen molar-refractivity contribution in [2.75, 3.05) is 6.54 Å². The maximum Gasteiger partial charge on any atom is 0.220 e. The Morgan fingerprint density at radius 1 is 1.42 bits per heavy atom. The normalized spacial score (nSPS) is 9.00. The lowest BCUT2D eigenvalue weighted by molar-refractivity contribution is -0.120. The lowest BCUT2D eigenvalue weighted by Crippen LogP contribution is -2.22. The lowest BCUT2D eigenvalue weighted by atomic mass is 10.1. The van der Waals surface area contributed by atoms with Crippen LogP contribution in [0.15, 0.2) is 0 Å². The Balaban J connectivity index is 3.15. The number of amides is 1. The van der Waals surface area contributed by atoms with Gasteiger partial charge in [0.1, 0.15) is 6.54 Å². The molecule has 0 aliphatic carbocycles. The number of nitriles is 1. The Hall–Kier alpha value is -1.04. The van der Waals surface area contributed by atoms with E-state index in [4.69, 9.17) is 5.26 Å². The van der Waals surface area contributed by atoms with Crippen LogP contribution in [0.4, 0.5) is 0 Å². The number of unbranched alkanes of at least 4 members (excludes halogenated alkanes) is 3. The molecule has 0 radical (unpaired) electrons. The molecule has 0 rings (SSSR count). The zero-order chi connectivity index (χ0) is 9.23. The van der Waals surface area contributed by atoms with Crippen LogP contribution in [0.2, 0.25) is 0 Å². The second kappa shape index (κ2) is 8.06. The van der Waals surface area contributed by atoms with Gasteiger partial charge in [0.2, 0.25) is 5.91 Å². The van der Waals surface area contributed by atoms with Gasteiger partial charge >= 0.3 is 0 Å². The van der Waals surface area contributed by atoms with Gasteiger partial charge in [-0.05, 0) is 6.42 Å². The quantitative estimate of drug-likeness (QED) is 0.483. The van der Waals surface area contributed by atoms with E-state index < -0.39 is 0 Å². The highest BCUT2D eigenvalue weighted by atomic mass is 16.1. The molecule has 12 heavy (non-hydrogen) atoms. The molecule has 1 amide bonds. The molecule has 0 unspecified atom stereocenters. The number of nitrogens with one attached hydrogen (secondary N) is 1. The van der Waals surface area contributed by atoms with Crippen LogP contribution in [0.5, 0.6) is 0 Å². The largest absolute Gasteiger partial charge is 0.343 e. The topological polar surface area (TPSA) is 52.9 Å². The van der Waals surface area contributed by atoms with Gasteiger partial charge in [0.05, 0.1) is 6.07 Å². The van der Waals surface area contributed by atoms with E-state index in [0.29, 0.717) is 6.42 Å². The summed E-state index contributed by atoms with van der Waals surface area (Å²) in [6.07, 6.45) is 4.97. The van der Waals surface area contributed by atoms with Crippen molar-refractivity contribution in [2.24, 2.45) is 0 Å². The Bertz CT molecular complexity index is 160. The Morgan fingerprint density at radius 2 is 2.17 bits per heavy atom. The molecule has 3 nitrogen and oxygen atoms in total. The molecule has 0 aliphatic heterocycles. The third-order valence-corrected chi connectivity index (χ3v) is 1.62. The van der Waals surface area contributed by atoms with E-state index in [1.54, 1.807) is 0 Å². The summed E-state index contributed by atoms with van der Waals surface area (Å²) >= 11 is 0. The first-order valence-electron chi connectivity index (χ1n) is 4.45. The fourth-order valence-corrected chi connectivity index (χ4v) is 0.939. The van der Waals surface area contributed by atoms with Crippen molar-refractivity contribution in [3.8, 4) is 6.07 Å². The summed E-state index contributed by atoms with van der Waals surface area (Å²) in [5.74, 6) is -0.00680. The Labute approximate surface area is 73.8 Å². The van der Waals surface area contributed by atoms with Gasteiger partial charge in [0, 0.05) is 6.42 Å². The first-order valence-corrected chi connectivity index (χ1v) is 4.45. The van der Waals surface area contributed by atoms with Gasteiger partial charge in [-0.15, -0.1) is 0 Å². The predicted octanol–water partition coefficient (Wildman–Crippen LogP) is 1.60. The number of carbonyl (C=O) groups excluding carboxylic acids is 1. The maximum absolute atomic E-state index is 10.9. The van der Waals surface area contributed by atoms with Gasteiger partial charge < -0.3 is 5.32 Å². The van der Waals surface area contributed by atoms with Gasteiger partial charge in [0.15, 0.2) is 0 Å². The van der Waals surface area contributed by atoms with Gasteiger partial charge in [0.25, 0.3) is 0 Å².